The van der Waals surface area contributed by atoms with Gasteiger partial charge in [0.15, 0.2) is 5.96 Å². The zero-order valence-electron chi connectivity index (χ0n) is 14.9. The summed E-state index contributed by atoms with van der Waals surface area (Å²) in [5.41, 5.74) is 1.12. The lowest BCUT2D eigenvalue weighted by molar-refractivity contribution is 0.398. The van der Waals surface area contributed by atoms with Crippen molar-refractivity contribution >= 4 is 5.96 Å². The number of methoxy groups -OCH3 is 2. The van der Waals surface area contributed by atoms with Crippen LogP contribution in [0.1, 0.15) is 38.2 Å². The van der Waals surface area contributed by atoms with Gasteiger partial charge in [0, 0.05) is 20.1 Å². The number of guanidine groups is 1. The molecule has 0 aromatic heterocycles. The predicted octanol–water partition coefficient (Wildman–Crippen LogP) is 2.99. The van der Waals surface area contributed by atoms with Crippen molar-refractivity contribution in [3.8, 4) is 11.5 Å². The second-order valence-corrected chi connectivity index (χ2v) is 5.41. The molecule has 0 aliphatic rings. The molecule has 5 nitrogen and oxygen atoms in total. The van der Waals surface area contributed by atoms with Crippen molar-refractivity contribution in [2.75, 3.05) is 34.4 Å². The van der Waals surface area contributed by atoms with Crippen LogP contribution in [0.25, 0.3) is 0 Å². The van der Waals surface area contributed by atoms with Crippen LogP contribution in [-0.2, 0) is 6.42 Å². The average Bonchev–Trinajstić information content (AvgIpc) is 2.59. The van der Waals surface area contributed by atoms with Crippen LogP contribution in [-0.4, -0.2) is 40.3 Å². The minimum atomic E-state index is 0.790. The molecule has 130 valence electrons. The minimum absolute atomic E-state index is 0.790. The van der Waals surface area contributed by atoms with Crippen molar-refractivity contribution < 1.29 is 9.47 Å². The third-order valence-corrected chi connectivity index (χ3v) is 3.72. The lowest BCUT2D eigenvalue weighted by atomic mass is 10.1. The van der Waals surface area contributed by atoms with Gasteiger partial charge in [0.25, 0.3) is 0 Å². The number of benzene rings is 1. The normalized spacial score (nSPS) is 11.2. The van der Waals surface area contributed by atoms with Crippen LogP contribution in [0.15, 0.2) is 23.2 Å². The van der Waals surface area contributed by atoms with E-state index in [4.69, 9.17) is 9.47 Å². The summed E-state index contributed by atoms with van der Waals surface area (Å²) in [6.45, 7) is 3.97. The fourth-order valence-corrected chi connectivity index (χ4v) is 2.37. The molecule has 0 aliphatic heterocycles. The highest BCUT2D eigenvalue weighted by Gasteiger charge is 2.05. The van der Waals surface area contributed by atoms with Crippen molar-refractivity contribution in [3.63, 3.8) is 0 Å². The molecule has 0 aliphatic carbocycles. The zero-order chi connectivity index (χ0) is 16.9. The molecule has 0 saturated carbocycles. The molecule has 1 rings (SSSR count). The molecule has 0 radical (unpaired) electrons. The van der Waals surface area contributed by atoms with Crippen molar-refractivity contribution in [2.24, 2.45) is 4.99 Å². The Kier molecular flexibility index (Phi) is 9.68. The van der Waals surface area contributed by atoms with Gasteiger partial charge in [-0.3, -0.25) is 4.99 Å². The molecular weight excluding hydrogens is 290 g/mol. The first-order chi connectivity index (χ1) is 11.2. The summed E-state index contributed by atoms with van der Waals surface area (Å²) in [5, 5.41) is 6.69. The lowest BCUT2D eigenvalue weighted by Gasteiger charge is -2.13. The Labute approximate surface area is 140 Å². The molecule has 1 aromatic carbocycles. The Morgan fingerprint density at radius 1 is 1.04 bits per heavy atom. The first-order valence-electron chi connectivity index (χ1n) is 8.40. The van der Waals surface area contributed by atoms with Gasteiger partial charge in [-0.1, -0.05) is 26.2 Å². The number of nitrogens with zero attached hydrogens (tertiary/aromatic N) is 1. The molecule has 0 spiro atoms. The second-order valence-electron chi connectivity index (χ2n) is 5.41. The van der Waals surface area contributed by atoms with Gasteiger partial charge in [-0.05, 0) is 36.6 Å². The van der Waals surface area contributed by atoms with Gasteiger partial charge in [0.2, 0.25) is 0 Å². The second kappa shape index (κ2) is 11.6. The van der Waals surface area contributed by atoms with E-state index in [1.54, 1.807) is 21.3 Å². The summed E-state index contributed by atoms with van der Waals surface area (Å²) in [4.78, 5) is 4.25. The predicted molar refractivity (Wildman–Crippen MR) is 96.8 cm³/mol. The highest BCUT2D eigenvalue weighted by atomic mass is 16.5. The van der Waals surface area contributed by atoms with Crippen molar-refractivity contribution in [1.29, 1.82) is 0 Å². The minimum Gasteiger partial charge on any atom is -0.497 e. The van der Waals surface area contributed by atoms with Gasteiger partial charge in [0.1, 0.15) is 11.5 Å². The van der Waals surface area contributed by atoms with Gasteiger partial charge in [-0.25, -0.2) is 0 Å². The molecule has 1 aromatic rings. The molecule has 23 heavy (non-hydrogen) atoms. The van der Waals surface area contributed by atoms with Gasteiger partial charge in [0.05, 0.1) is 14.2 Å². The smallest absolute Gasteiger partial charge is 0.190 e. The average molecular weight is 321 g/mol. The van der Waals surface area contributed by atoms with E-state index in [2.05, 4.69) is 22.5 Å². The van der Waals surface area contributed by atoms with Gasteiger partial charge in [-0.15, -0.1) is 0 Å². The fraction of sp³-hybridized carbons (Fsp3) is 0.611. The summed E-state index contributed by atoms with van der Waals surface area (Å²) in [7, 11) is 5.16. The first kappa shape index (κ1) is 19.1. The molecule has 0 bridgehead atoms. The quantitative estimate of drug-likeness (QED) is 0.395. The molecule has 0 amide bonds. The van der Waals surface area contributed by atoms with Crippen molar-refractivity contribution in [3.05, 3.63) is 23.8 Å². The monoisotopic (exact) mass is 321 g/mol. The van der Waals surface area contributed by atoms with Crippen LogP contribution in [0.4, 0.5) is 0 Å². The number of hydrogen-bond donors (Lipinski definition) is 2. The Morgan fingerprint density at radius 2 is 1.83 bits per heavy atom. The maximum absolute atomic E-state index is 5.40. The maximum atomic E-state index is 5.40. The Hall–Kier alpha value is -1.91. The number of hydrogen-bond acceptors (Lipinski definition) is 3. The van der Waals surface area contributed by atoms with Crippen LogP contribution >= 0.6 is 0 Å². The van der Waals surface area contributed by atoms with E-state index in [0.717, 1.165) is 42.5 Å². The third kappa shape index (κ3) is 7.26. The standard InChI is InChI=1S/C18H31N3O2/c1-5-6-7-8-12-20-18(19-2)21-13-11-15-14-16(22-3)9-10-17(15)23-4/h9-10,14H,5-8,11-13H2,1-4H3,(H2,19,20,21). The largest absolute Gasteiger partial charge is 0.497 e. The summed E-state index contributed by atoms with van der Waals surface area (Å²) >= 11 is 0. The summed E-state index contributed by atoms with van der Waals surface area (Å²) in [6, 6.07) is 5.86. The molecular formula is C18H31N3O2. The molecule has 0 atom stereocenters. The maximum Gasteiger partial charge on any atom is 0.190 e. The Bertz CT molecular complexity index is 475. The van der Waals surface area contributed by atoms with E-state index in [-0.39, 0.29) is 0 Å². The lowest BCUT2D eigenvalue weighted by Crippen LogP contribution is -2.38. The third-order valence-electron chi connectivity index (χ3n) is 3.72. The van der Waals surface area contributed by atoms with Crippen LogP contribution in [0.3, 0.4) is 0 Å². The van der Waals surface area contributed by atoms with Crippen LogP contribution in [0.2, 0.25) is 0 Å². The summed E-state index contributed by atoms with van der Waals surface area (Å²) in [6.07, 6.45) is 5.84. The summed E-state index contributed by atoms with van der Waals surface area (Å²) < 4.78 is 10.7. The van der Waals surface area contributed by atoms with Crippen molar-refractivity contribution in [2.45, 2.75) is 39.0 Å². The van der Waals surface area contributed by atoms with E-state index >= 15 is 0 Å². The van der Waals surface area contributed by atoms with Gasteiger partial charge in [-0.2, -0.15) is 0 Å². The molecule has 0 saturated heterocycles. The topological polar surface area (TPSA) is 54.9 Å². The van der Waals surface area contributed by atoms with E-state index in [1.807, 2.05) is 18.2 Å². The van der Waals surface area contributed by atoms with Crippen LogP contribution < -0.4 is 20.1 Å². The van der Waals surface area contributed by atoms with Crippen molar-refractivity contribution in [1.82, 2.24) is 10.6 Å². The van der Waals surface area contributed by atoms with Crippen LogP contribution in [0.5, 0.6) is 11.5 Å². The number of rotatable bonds is 10. The van der Waals surface area contributed by atoms with E-state index < -0.39 is 0 Å². The molecule has 5 heteroatoms. The van der Waals surface area contributed by atoms with E-state index in [9.17, 15) is 0 Å². The Balaban J connectivity index is 2.39. The summed E-state index contributed by atoms with van der Waals surface area (Å²) in [5.74, 6) is 2.58. The number of nitrogens with one attached hydrogen (secondary N) is 2. The molecule has 2 N–H and O–H groups in total. The number of aliphatic imine (C=N–C) groups is 1. The first-order valence-corrected chi connectivity index (χ1v) is 8.40. The number of unbranched alkanes of at least 4 members (excludes halogenated alkanes) is 3. The van der Waals surface area contributed by atoms with Gasteiger partial charge >= 0.3 is 0 Å². The zero-order valence-corrected chi connectivity index (χ0v) is 14.9. The molecule has 0 unspecified atom stereocenters. The molecule has 0 heterocycles. The van der Waals surface area contributed by atoms with Gasteiger partial charge < -0.3 is 20.1 Å². The Morgan fingerprint density at radius 3 is 2.48 bits per heavy atom. The van der Waals surface area contributed by atoms with E-state index in [1.165, 1.54) is 25.7 Å². The van der Waals surface area contributed by atoms with Crippen LogP contribution in [0, 0.1) is 0 Å². The SMILES string of the molecule is CCCCCCNC(=NC)NCCc1cc(OC)ccc1OC. The highest BCUT2D eigenvalue weighted by Crippen LogP contribution is 2.24. The molecule has 0 fully saturated rings. The fourth-order valence-electron chi connectivity index (χ4n) is 2.37. The van der Waals surface area contributed by atoms with E-state index in [0.29, 0.717) is 0 Å². The highest BCUT2D eigenvalue weighted by molar-refractivity contribution is 5.79. The number of ether oxygens (including phenoxy) is 2.